The van der Waals surface area contributed by atoms with E-state index in [9.17, 15) is 13.6 Å². The van der Waals surface area contributed by atoms with E-state index < -0.39 is 17.4 Å². The predicted molar refractivity (Wildman–Crippen MR) is 78.6 cm³/mol. The number of aromatic amines is 1. The van der Waals surface area contributed by atoms with Crippen molar-refractivity contribution in [1.29, 1.82) is 0 Å². The Bertz CT molecular complexity index is 836. The summed E-state index contributed by atoms with van der Waals surface area (Å²) in [4.78, 5) is 13.4. The summed E-state index contributed by atoms with van der Waals surface area (Å²) in [5, 5.41) is 0. The number of hydrogen-bond donors (Lipinski definition) is 1. The molecular formula is C15H10BrF2NO2. The molecule has 3 nitrogen and oxygen atoms in total. The maximum atomic E-state index is 13.7. The van der Waals surface area contributed by atoms with E-state index in [1.54, 1.807) is 18.2 Å². The molecule has 0 saturated carbocycles. The molecule has 1 aromatic heterocycles. The third kappa shape index (κ3) is 2.76. The van der Waals surface area contributed by atoms with Crippen molar-refractivity contribution >= 4 is 27.0 Å². The van der Waals surface area contributed by atoms with Crippen LogP contribution in [-0.2, 0) is 6.42 Å². The fraction of sp³-hybridized carbons (Fsp3) is 0.133. The quantitative estimate of drug-likeness (QED) is 0.721. The van der Waals surface area contributed by atoms with Gasteiger partial charge in [0.15, 0.2) is 5.58 Å². The average Bonchev–Trinajstić information content (AvgIpc) is 2.81. The molecule has 0 aliphatic heterocycles. The Morgan fingerprint density at radius 3 is 2.62 bits per heavy atom. The van der Waals surface area contributed by atoms with Crippen molar-refractivity contribution in [2.24, 2.45) is 0 Å². The van der Waals surface area contributed by atoms with E-state index in [0.717, 1.165) is 5.56 Å². The summed E-state index contributed by atoms with van der Waals surface area (Å²) in [6.07, 6.45) is 0.151. The van der Waals surface area contributed by atoms with Crippen LogP contribution in [0.3, 0.4) is 0 Å². The Hall–Kier alpha value is -1.95. The number of benzene rings is 2. The summed E-state index contributed by atoms with van der Waals surface area (Å²) < 4.78 is 32.3. The van der Waals surface area contributed by atoms with Gasteiger partial charge in [-0.1, -0.05) is 28.1 Å². The highest BCUT2D eigenvalue weighted by Crippen LogP contribution is 2.30. The van der Waals surface area contributed by atoms with E-state index in [4.69, 9.17) is 4.42 Å². The second kappa shape index (κ2) is 5.44. The number of oxazole rings is 1. The van der Waals surface area contributed by atoms with Gasteiger partial charge in [-0.2, -0.15) is 0 Å². The van der Waals surface area contributed by atoms with E-state index in [0.29, 0.717) is 11.1 Å². The van der Waals surface area contributed by atoms with Crippen LogP contribution in [0.5, 0.6) is 0 Å². The minimum absolute atomic E-state index is 0.0231. The van der Waals surface area contributed by atoms with Crippen molar-refractivity contribution in [3.8, 4) is 0 Å². The molecule has 1 unspecified atom stereocenters. The van der Waals surface area contributed by atoms with Crippen molar-refractivity contribution in [2.75, 3.05) is 0 Å². The molecule has 0 radical (unpaired) electrons. The molecule has 3 aromatic rings. The summed E-state index contributed by atoms with van der Waals surface area (Å²) in [7, 11) is 0. The molecular weight excluding hydrogens is 344 g/mol. The van der Waals surface area contributed by atoms with Gasteiger partial charge in [0.25, 0.3) is 0 Å². The number of rotatable bonds is 3. The van der Waals surface area contributed by atoms with Crippen molar-refractivity contribution < 1.29 is 13.2 Å². The Balaban J connectivity index is 1.93. The van der Waals surface area contributed by atoms with Gasteiger partial charge in [0, 0.05) is 10.4 Å². The zero-order valence-electron chi connectivity index (χ0n) is 10.7. The molecule has 2 aromatic carbocycles. The Labute approximate surface area is 126 Å². The third-order valence-electron chi connectivity index (χ3n) is 3.25. The molecule has 0 aliphatic carbocycles. The minimum Gasteiger partial charge on any atom is -0.408 e. The number of nitrogens with one attached hydrogen (secondary N) is 1. The number of hydrogen-bond acceptors (Lipinski definition) is 2. The van der Waals surface area contributed by atoms with Crippen LogP contribution in [0.15, 0.2) is 45.6 Å². The first-order valence-electron chi connectivity index (χ1n) is 6.24. The first-order chi connectivity index (χ1) is 10.0. The Kier molecular flexibility index (Phi) is 3.63. The summed E-state index contributed by atoms with van der Waals surface area (Å²) >= 11 is 3.42. The van der Waals surface area contributed by atoms with Gasteiger partial charge in [0.1, 0.15) is 11.6 Å². The molecule has 108 valence electrons. The van der Waals surface area contributed by atoms with E-state index in [2.05, 4.69) is 20.9 Å². The lowest BCUT2D eigenvalue weighted by molar-refractivity contribution is 0.552. The third-order valence-corrected chi connectivity index (χ3v) is 4.10. The van der Waals surface area contributed by atoms with E-state index in [1.165, 1.54) is 18.2 Å². The van der Waals surface area contributed by atoms with Crippen molar-refractivity contribution in [2.45, 2.75) is 11.2 Å². The largest absolute Gasteiger partial charge is 0.417 e. The predicted octanol–water partition coefficient (Wildman–Crippen LogP) is 4.08. The van der Waals surface area contributed by atoms with Crippen molar-refractivity contribution in [1.82, 2.24) is 4.98 Å². The molecule has 6 heteroatoms. The lowest BCUT2D eigenvalue weighted by Gasteiger charge is -2.11. The summed E-state index contributed by atoms with van der Waals surface area (Å²) in [6, 6.07) is 8.93. The van der Waals surface area contributed by atoms with Crippen LogP contribution >= 0.6 is 15.9 Å². The number of H-pyrrole nitrogens is 1. The van der Waals surface area contributed by atoms with Gasteiger partial charge < -0.3 is 4.42 Å². The number of fused-ring (bicyclic) bond motifs is 1. The fourth-order valence-electron chi connectivity index (χ4n) is 2.18. The minimum atomic E-state index is -0.575. The van der Waals surface area contributed by atoms with Crippen LogP contribution in [0.4, 0.5) is 8.78 Å². The lowest BCUT2D eigenvalue weighted by Crippen LogP contribution is -2.01. The number of aromatic nitrogens is 1. The van der Waals surface area contributed by atoms with Crippen LogP contribution in [0.2, 0.25) is 0 Å². The summed E-state index contributed by atoms with van der Waals surface area (Å²) in [5.74, 6) is -1.68. The Morgan fingerprint density at radius 1 is 1.19 bits per heavy atom. The monoisotopic (exact) mass is 353 g/mol. The molecule has 0 aliphatic rings. The van der Waals surface area contributed by atoms with E-state index >= 15 is 0 Å². The van der Waals surface area contributed by atoms with Gasteiger partial charge in [0.05, 0.1) is 5.52 Å². The van der Waals surface area contributed by atoms with Gasteiger partial charge >= 0.3 is 5.76 Å². The molecule has 3 rings (SSSR count). The van der Waals surface area contributed by atoms with Gasteiger partial charge in [-0.15, -0.1) is 0 Å². The molecule has 0 spiro atoms. The smallest absolute Gasteiger partial charge is 0.408 e. The van der Waals surface area contributed by atoms with Crippen LogP contribution in [0, 0.1) is 11.6 Å². The van der Waals surface area contributed by atoms with Crippen molar-refractivity contribution in [3.05, 3.63) is 69.7 Å². The van der Waals surface area contributed by atoms with Crippen LogP contribution in [0.1, 0.15) is 16.0 Å². The van der Waals surface area contributed by atoms with Crippen molar-refractivity contribution in [3.63, 3.8) is 0 Å². The highest BCUT2D eigenvalue weighted by molar-refractivity contribution is 9.09. The van der Waals surface area contributed by atoms with E-state index in [1.807, 2.05) is 0 Å². The van der Waals surface area contributed by atoms with Gasteiger partial charge in [-0.25, -0.2) is 13.6 Å². The van der Waals surface area contributed by atoms with Gasteiger partial charge in [0.2, 0.25) is 0 Å². The molecule has 1 N–H and O–H groups in total. The first kappa shape index (κ1) is 14.0. The highest BCUT2D eigenvalue weighted by atomic mass is 79.9. The molecule has 0 fully saturated rings. The normalized spacial score (nSPS) is 12.7. The fourth-order valence-corrected chi connectivity index (χ4v) is 2.79. The molecule has 0 amide bonds. The molecule has 21 heavy (non-hydrogen) atoms. The second-order valence-electron chi connectivity index (χ2n) is 4.64. The van der Waals surface area contributed by atoms with Crippen LogP contribution in [-0.4, -0.2) is 4.98 Å². The molecule has 1 atom stereocenters. The molecule has 0 saturated heterocycles. The number of alkyl halides is 1. The maximum absolute atomic E-state index is 13.7. The highest BCUT2D eigenvalue weighted by Gasteiger charge is 2.16. The van der Waals surface area contributed by atoms with Gasteiger partial charge in [-0.3, -0.25) is 4.98 Å². The second-order valence-corrected chi connectivity index (χ2v) is 5.75. The zero-order chi connectivity index (χ0) is 15.0. The topological polar surface area (TPSA) is 46.0 Å². The van der Waals surface area contributed by atoms with Gasteiger partial charge in [-0.05, 0) is 36.2 Å². The maximum Gasteiger partial charge on any atom is 0.417 e. The summed E-state index contributed by atoms with van der Waals surface area (Å²) in [5.41, 5.74) is 1.79. The summed E-state index contributed by atoms with van der Waals surface area (Å²) in [6.45, 7) is 0. The first-order valence-corrected chi connectivity index (χ1v) is 7.16. The number of halogens is 3. The standard InChI is InChI=1S/C15H10BrF2NO2/c16-10(7-9-11(17)2-1-3-12(9)18)8-4-5-13-14(6-8)21-15(20)19-13/h1-6,10H,7H2,(H,19,20). The van der Waals surface area contributed by atoms with Crippen LogP contribution in [0.25, 0.3) is 11.1 Å². The molecule has 0 bridgehead atoms. The SMILES string of the molecule is O=c1[nH]c2ccc(C(Br)Cc3c(F)cccc3F)cc2o1. The van der Waals surface area contributed by atoms with E-state index in [-0.39, 0.29) is 16.8 Å². The Morgan fingerprint density at radius 2 is 1.90 bits per heavy atom. The zero-order valence-corrected chi connectivity index (χ0v) is 12.3. The van der Waals surface area contributed by atoms with Crippen LogP contribution < -0.4 is 5.76 Å². The molecule has 1 heterocycles. The average molecular weight is 354 g/mol. The lowest BCUT2D eigenvalue weighted by atomic mass is 10.0.